The Balaban J connectivity index is 1.20. The molecule has 8 aromatic carbocycles. The van der Waals surface area contributed by atoms with E-state index in [1.807, 2.05) is 126 Å². The average molecular weight is 823 g/mol. The van der Waals surface area contributed by atoms with Crippen molar-refractivity contribution in [3.63, 3.8) is 0 Å². The zero-order valence-electron chi connectivity index (χ0n) is 33.6. The summed E-state index contributed by atoms with van der Waals surface area (Å²) >= 11 is 0. The number of fused-ring (bicyclic) bond motifs is 6. The summed E-state index contributed by atoms with van der Waals surface area (Å²) < 4.78 is 46.4. The largest absolute Gasteiger partial charge is 0.416 e. The number of aromatic nitrogens is 5. The van der Waals surface area contributed by atoms with Crippen molar-refractivity contribution in [2.45, 2.75) is 13.1 Å². The zero-order chi connectivity index (χ0) is 42.8. The molecule has 0 aliphatic carbocycles. The van der Waals surface area contributed by atoms with Crippen LogP contribution in [0.25, 0.3) is 105 Å². The highest BCUT2D eigenvalue weighted by molar-refractivity contribution is 6.11. The number of hydrogen-bond acceptors (Lipinski definition) is 3. The third-order valence-electron chi connectivity index (χ3n) is 11.7. The fraction of sp³-hybridized carbons (Fsp3) is 0.0370. The molecule has 6 nitrogen and oxygen atoms in total. The van der Waals surface area contributed by atoms with Crippen LogP contribution in [0.3, 0.4) is 0 Å². The molecule has 63 heavy (non-hydrogen) atoms. The van der Waals surface area contributed by atoms with Gasteiger partial charge in [-0.1, -0.05) is 115 Å². The van der Waals surface area contributed by atoms with Crippen molar-refractivity contribution in [2.24, 2.45) is 0 Å². The predicted molar refractivity (Wildman–Crippen MR) is 246 cm³/mol. The van der Waals surface area contributed by atoms with Gasteiger partial charge in [0.25, 0.3) is 0 Å². The van der Waals surface area contributed by atoms with Crippen LogP contribution < -0.4 is 0 Å². The summed E-state index contributed by atoms with van der Waals surface area (Å²) in [6.07, 6.45) is -4.50. The molecule has 0 unspecified atom stereocenters. The summed E-state index contributed by atoms with van der Waals surface area (Å²) in [6, 6.07) is 57.4. The number of rotatable bonds is 6. The fourth-order valence-electron chi connectivity index (χ4n) is 8.77. The maximum absolute atomic E-state index is 14.1. The molecule has 0 saturated heterocycles. The van der Waals surface area contributed by atoms with Crippen LogP contribution >= 0.6 is 0 Å². The molecule has 11 rings (SSSR count). The van der Waals surface area contributed by atoms with E-state index in [-0.39, 0.29) is 0 Å². The molecule has 300 valence electrons. The number of halogens is 3. The summed E-state index contributed by atoms with van der Waals surface area (Å²) in [4.78, 5) is 19.1. The second-order valence-electron chi connectivity index (χ2n) is 15.5. The Hall–Kier alpha value is -8.35. The summed E-state index contributed by atoms with van der Waals surface area (Å²) in [5.41, 5.74) is 9.46. The smallest absolute Gasteiger partial charge is 0.309 e. The van der Waals surface area contributed by atoms with Crippen LogP contribution in [0.1, 0.15) is 11.1 Å². The number of alkyl halides is 3. The van der Waals surface area contributed by atoms with Crippen LogP contribution in [0.2, 0.25) is 0 Å². The standard InChI is InChI=1S/C54H33F3N6/c1-33-21-26-49-42(29-33)39-17-10-12-20-47(39)63(49)50-27-22-36(53-60-51(34-13-5-3-6-14-34)59-52(61-53)35-15-7-4-8-16-35)30-43(50)41-32-38(24-25-45(41)58-2)62-46-19-11-9-18-40(46)44-31-37(54(55,56)57)23-28-48(44)62/h3-32H,1H3. The molecule has 9 heteroatoms. The van der Waals surface area contributed by atoms with Crippen LogP contribution in [-0.2, 0) is 6.18 Å². The van der Waals surface area contributed by atoms with Gasteiger partial charge in [0.1, 0.15) is 0 Å². The van der Waals surface area contributed by atoms with E-state index in [4.69, 9.17) is 21.5 Å². The highest BCUT2D eigenvalue weighted by atomic mass is 19.4. The second kappa shape index (κ2) is 14.7. The Morgan fingerprint density at radius 1 is 0.460 bits per heavy atom. The van der Waals surface area contributed by atoms with E-state index in [1.165, 1.54) is 12.1 Å². The van der Waals surface area contributed by atoms with Crippen molar-refractivity contribution in [2.75, 3.05) is 0 Å². The summed E-state index contributed by atoms with van der Waals surface area (Å²) in [5.74, 6) is 1.50. The lowest BCUT2D eigenvalue weighted by atomic mass is 9.97. The van der Waals surface area contributed by atoms with Gasteiger partial charge in [-0.25, -0.2) is 19.8 Å². The van der Waals surface area contributed by atoms with Crippen molar-refractivity contribution in [3.8, 4) is 56.7 Å². The normalized spacial score (nSPS) is 11.8. The highest BCUT2D eigenvalue weighted by Gasteiger charge is 2.31. The van der Waals surface area contributed by atoms with Crippen molar-refractivity contribution in [1.82, 2.24) is 24.1 Å². The van der Waals surface area contributed by atoms with Crippen LogP contribution in [0.4, 0.5) is 18.9 Å². The molecule has 3 aromatic heterocycles. The molecule has 0 amide bonds. The Kier molecular flexibility index (Phi) is 8.77. The SMILES string of the molecule is [C-]#[N+]c1ccc(-n2c3ccccc3c3cc(C(F)(F)F)ccc32)cc1-c1cc(-c2nc(-c3ccccc3)nc(-c3ccccc3)n2)ccc1-n1c2ccccc2c2cc(C)ccc21. The van der Waals surface area contributed by atoms with E-state index in [1.54, 1.807) is 6.07 Å². The molecule has 0 fully saturated rings. The van der Waals surface area contributed by atoms with E-state index in [2.05, 4.69) is 52.7 Å². The second-order valence-corrected chi connectivity index (χ2v) is 15.5. The number of para-hydroxylation sites is 2. The molecular formula is C54H33F3N6. The van der Waals surface area contributed by atoms with Gasteiger partial charge >= 0.3 is 6.18 Å². The van der Waals surface area contributed by atoms with E-state index in [0.717, 1.165) is 61.3 Å². The maximum Gasteiger partial charge on any atom is 0.416 e. The van der Waals surface area contributed by atoms with Crippen LogP contribution in [0, 0.1) is 13.5 Å². The first-order valence-electron chi connectivity index (χ1n) is 20.4. The van der Waals surface area contributed by atoms with Crippen molar-refractivity contribution >= 4 is 49.3 Å². The topological polar surface area (TPSA) is 52.9 Å². The Morgan fingerprint density at radius 2 is 1.00 bits per heavy atom. The summed E-state index contributed by atoms with van der Waals surface area (Å²) in [5, 5.41) is 3.36. The average Bonchev–Trinajstić information content (AvgIpc) is 3.83. The minimum atomic E-state index is -4.50. The van der Waals surface area contributed by atoms with Gasteiger partial charge in [0, 0.05) is 43.9 Å². The van der Waals surface area contributed by atoms with E-state index in [0.29, 0.717) is 56.3 Å². The molecule has 0 aliphatic rings. The van der Waals surface area contributed by atoms with Crippen LogP contribution in [-0.4, -0.2) is 24.1 Å². The van der Waals surface area contributed by atoms with Gasteiger partial charge in [-0.3, -0.25) is 0 Å². The van der Waals surface area contributed by atoms with Gasteiger partial charge in [0.2, 0.25) is 0 Å². The number of benzene rings is 8. The molecular weight excluding hydrogens is 790 g/mol. The molecule has 0 atom stereocenters. The molecule has 0 bridgehead atoms. The van der Waals surface area contributed by atoms with Gasteiger partial charge in [0.05, 0.1) is 39.9 Å². The zero-order valence-corrected chi connectivity index (χ0v) is 33.6. The number of hydrogen-bond donors (Lipinski definition) is 0. The van der Waals surface area contributed by atoms with Crippen molar-refractivity contribution in [3.05, 3.63) is 205 Å². The summed E-state index contributed by atoms with van der Waals surface area (Å²) in [7, 11) is 0. The lowest BCUT2D eigenvalue weighted by Crippen LogP contribution is -2.04. The first-order valence-corrected chi connectivity index (χ1v) is 20.4. The van der Waals surface area contributed by atoms with Crippen molar-refractivity contribution in [1.29, 1.82) is 0 Å². The molecule has 0 saturated carbocycles. The van der Waals surface area contributed by atoms with Gasteiger partial charge in [0.15, 0.2) is 23.2 Å². The van der Waals surface area contributed by atoms with Crippen LogP contribution in [0.15, 0.2) is 182 Å². The van der Waals surface area contributed by atoms with Crippen LogP contribution in [0.5, 0.6) is 0 Å². The predicted octanol–water partition coefficient (Wildman–Crippen LogP) is 14.6. The summed E-state index contributed by atoms with van der Waals surface area (Å²) in [6.45, 7) is 10.6. The maximum atomic E-state index is 14.1. The first kappa shape index (κ1) is 37.6. The molecule has 0 radical (unpaired) electrons. The molecule has 0 N–H and O–H groups in total. The Bertz CT molecular complexity index is 3580. The van der Waals surface area contributed by atoms with Gasteiger partial charge < -0.3 is 9.13 Å². The van der Waals surface area contributed by atoms with E-state index >= 15 is 0 Å². The van der Waals surface area contributed by atoms with Gasteiger partial charge in [-0.15, -0.1) is 0 Å². The number of aryl methyl sites for hydroxylation is 1. The van der Waals surface area contributed by atoms with Gasteiger partial charge in [-0.05, 0) is 90.8 Å². The monoisotopic (exact) mass is 822 g/mol. The molecule has 11 aromatic rings. The Labute approximate surface area is 359 Å². The van der Waals surface area contributed by atoms with Crippen molar-refractivity contribution < 1.29 is 13.2 Å². The lowest BCUT2D eigenvalue weighted by Gasteiger charge is -2.18. The minimum Gasteiger partial charge on any atom is -0.309 e. The third kappa shape index (κ3) is 6.39. The fourth-order valence-corrected chi connectivity index (χ4v) is 8.77. The quantitative estimate of drug-likeness (QED) is 0.157. The van der Waals surface area contributed by atoms with E-state index in [9.17, 15) is 13.2 Å². The molecule has 3 heterocycles. The lowest BCUT2D eigenvalue weighted by molar-refractivity contribution is -0.137. The first-order chi connectivity index (χ1) is 30.7. The minimum absolute atomic E-state index is 0.402. The highest BCUT2D eigenvalue weighted by Crippen LogP contribution is 2.44. The molecule has 0 aliphatic heterocycles. The third-order valence-corrected chi connectivity index (χ3v) is 11.7. The van der Waals surface area contributed by atoms with Gasteiger partial charge in [-0.2, -0.15) is 13.2 Å². The number of nitrogens with zero attached hydrogens (tertiary/aromatic N) is 6. The van der Waals surface area contributed by atoms with E-state index < -0.39 is 11.7 Å². The molecule has 0 spiro atoms. The Morgan fingerprint density at radius 3 is 1.63 bits per heavy atom.